The van der Waals surface area contributed by atoms with E-state index < -0.39 is 0 Å². The van der Waals surface area contributed by atoms with E-state index in [1.54, 1.807) is 0 Å². The molecule has 1 saturated carbocycles. The molecule has 2 aliphatic rings. The van der Waals surface area contributed by atoms with E-state index in [-0.39, 0.29) is 0 Å². The van der Waals surface area contributed by atoms with Gasteiger partial charge >= 0.3 is 0 Å². The first-order valence-corrected chi connectivity index (χ1v) is 7.64. The van der Waals surface area contributed by atoms with Gasteiger partial charge < -0.3 is 9.47 Å². The first-order valence-electron chi connectivity index (χ1n) is 7.64. The van der Waals surface area contributed by atoms with Crippen molar-refractivity contribution < 1.29 is 9.47 Å². The minimum atomic E-state index is 0.404. The molecule has 0 bridgehead atoms. The van der Waals surface area contributed by atoms with Crippen molar-refractivity contribution in [1.82, 2.24) is 9.88 Å². The number of hydrogen-bond donors (Lipinski definition) is 0. The van der Waals surface area contributed by atoms with Crippen LogP contribution in [0.3, 0.4) is 0 Å². The lowest BCUT2D eigenvalue weighted by molar-refractivity contribution is -0.113. The average molecular weight is 276 g/mol. The normalized spacial score (nSPS) is 30.9. The Morgan fingerprint density at radius 1 is 1.35 bits per heavy atom. The molecule has 1 aromatic rings. The second kappa shape index (κ2) is 6.66. The van der Waals surface area contributed by atoms with Crippen LogP contribution in [0.2, 0.25) is 0 Å². The number of ether oxygens (including phenoxy) is 2. The predicted octanol–water partition coefficient (Wildman–Crippen LogP) is 1.89. The minimum absolute atomic E-state index is 0.404. The van der Waals surface area contributed by atoms with Crippen molar-refractivity contribution in [3.63, 3.8) is 0 Å². The zero-order valence-corrected chi connectivity index (χ0v) is 12.2. The fourth-order valence-corrected chi connectivity index (χ4v) is 3.46. The Labute approximate surface area is 121 Å². The van der Waals surface area contributed by atoms with E-state index in [1.807, 2.05) is 19.5 Å². The number of nitrogens with zero attached hydrogens (tertiary/aromatic N) is 2. The summed E-state index contributed by atoms with van der Waals surface area (Å²) in [5.74, 6) is 0. The van der Waals surface area contributed by atoms with Crippen LogP contribution in [0.1, 0.15) is 24.8 Å². The van der Waals surface area contributed by atoms with Gasteiger partial charge in [0.2, 0.25) is 0 Å². The van der Waals surface area contributed by atoms with Gasteiger partial charge in [-0.15, -0.1) is 0 Å². The van der Waals surface area contributed by atoms with E-state index in [9.17, 15) is 0 Å². The Hall–Kier alpha value is -0.970. The summed E-state index contributed by atoms with van der Waals surface area (Å²) in [6.45, 7) is 3.02. The standard InChI is InChI=1S/C16H24N2O2/c1-19-14-2-3-16-15(12-14)18(10-11-20-16)9-6-13-4-7-17-8-5-13/h4-5,7-8,14-16H,2-3,6,9-12H2,1H3. The molecule has 0 amide bonds. The monoisotopic (exact) mass is 276 g/mol. The van der Waals surface area contributed by atoms with Gasteiger partial charge in [-0.3, -0.25) is 9.88 Å². The maximum absolute atomic E-state index is 5.95. The highest BCUT2D eigenvalue weighted by atomic mass is 16.5. The first kappa shape index (κ1) is 14.0. The topological polar surface area (TPSA) is 34.6 Å². The summed E-state index contributed by atoms with van der Waals surface area (Å²) in [7, 11) is 1.83. The van der Waals surface area contributed by atoms with Gasteiger partial charge in [0.1, 0.15) is 0 Å². The van der Waals surface area contributed by atoms with Crippen molar-refractivity contribution in [3.05, 3.63) is 30.1 Å². The fourth-order valence-electron chi connectivity index (χ4n) is 3.46. The molecule has 3 atom stereocenters. The lowest BCUT2D eigenvalue weighted by Gasteiger charge is -2.45. The predicted molar refractivity (Wildman–Crippen MR) is 77.7 cm³/mol. The maximum Gasteiger partial charge on any atom is 0.0732 e. The molecule has 4 nitrogen and oxygen atoms in total. The van der Waals surface area contributed by atoms with Gasteiger partial charge in [0, 0.05) is 38.6 Å². The van der Waals surface area contributed by atoms with Gasteiger partial charge in [0.25, 0.3) is 0 Å². The van der Waals surface area contributed by atoms with Crippen LogP contribution in [0.5, 0.6) is 0 Å². The molecule has 2 heterocycles. The van der Waals surface area contributed by atoms with Crippen LogP contribution in [0.25, 0.3) is 0 Å². The summed E-state index contributed by atoms with van der Waals surface area (Å²) in [5.41, 5.74) is 1.36. The third kappa shape index (κ3) is 3.19. The van der Waals surface area contributed by atoms with Crippen LogP contribution in [-0.4, -0.2) is 54.9 Å². The second-order valence-electron chi connectivity index (χ2n) is 5.79. The number of fused-ring (bicyclic) bond motifs is 1. The maximum atomic E-state index is 5.95. The zero-order chi connectivity index (χ0) is 13.8. The number of morpholine rings is 1. The van der Waals surface area contributed by atoms with Crippen molar-refractivity contribution in [1.29, 1.82) is 0 Å². The molecule has 1 aliphatic heterocycles. The van der Waals surface area contributed by atoms with Crippen LogP contribution in [0.4, 0.5) is 0 Å². The van der Waals surface area contributed by atoms with Crippen LogP contribution < -0.4 is 0 Å². The number of pyridine rings is 1. The van der Waals surface area contributed by atoms with E-state index in [0.717, 1.165) is 45.4 Å². The van der Waals surface area contributed by atoms with E-state index in [0.29, 0.717) is 18.2 Å². The average Bonchev–Trinajstić information content (AvgIpc) is 2.53. The van der Waals surface area contributed by atoms with Gasteiger partial charge in [0.05, 0.1) is 18.8 Å². The highest BCUT2D eigenvalue weighted by molar-refractivity contribution is 5.10. The summed E-state index contributed by atoms with van der Waals surface area (Å²) < 4.78 is 11.5. The molecule has 20 heavy (non-hydrogen) atoms. The van der Waals surface area contributed by atoms with Crippen LogP contribution in [0, 0.1) is 0 Å². The zero-order valence-electron chi connectivity index (χ0n) is 12.2. The largest absolute Gasteiger partial charge is 0.381 e. The Balaban J connectivity index is 1.59. The second-order valence-corrected chi connectivity index (χ2v) is 5.79. The molecule has 0 aromatic carbocycles. The van der Waals surface area contributed by atoms with E-state index in [1.165, 1.54) is 5.56 Å². The summed E-state index contributed by atoms with van der Waals surface area (Å²) in [5, 5.41) is 0. The lowest BCUT2D eigenvalue weighted by Crippen LogP contribution is -2.55. The number of methoxy groups -OCH3 is 1. The number of hydrogen-bond acceptors (Lipinski definition) is 4. The molecule has 1 aromatic heterocycles. The number of aromatic nitrogens is 1. The third-order valence-corrected chi connectivity index (χ3v) is 4.66. The van der Waals surface area contributed by atoms with Gasteiger partial charge in [-0.25, -0.2) is 0 Å². The molecule has 2 fully saturated rings. The molecular weight excluding hydrogens is 252 g/mol. The molecule has 3 rings (SSSR count). The van der Waals surface area contributed by atoms with E-state index in [2.05, 4.69) is 22.0 Å². The van der Waals surface area contributed by atoms with E-state index in [4.69, 9.17) is 9.47 Å². The highest BCUT2D eigenvalue weighted by Gasteiger charge is 2.37. The van der Waals surface area contributed by atoms with E-state index >= 15 is 0 Å². The van der Waals surface area contributed by atoms with Crippen LogP contribution in [-0.2, 0) is 15.9 Å². The Bertz CT molecular complexity index is 412. The van der Waals surface area contributed by atoms with Gasteiger partial charge in [-0.05, 0) is 43.4 Å². The smallest absolute Gasteiger partial charge is 0.0732 e. The Morgan fingerprint density at radius 3 is 3.00 bits per heavy atom. The molecule has 0 spiro atoms. The molecule has 1 saturated heterocycles. The van der Waals surface area contributed by atoms with Crippen molar-refractivity contribution in [2.75, 3.05) is 26.8 Å². The van der Waals surface area contributed by atoms with Crippen LogP contribution >= 0.6 is 0 Å². The summed E-state index contributed by atoms with van der Waals surface area (Å²) in [6.07, 6.45) is 9.03. The van der Waals surface area contributed by atoms with Crippen molar-refractivity contribution in [3.8, 4) is 0 Å². The van der Waals surface area contributed by atoms with Gasteiger partial charge in [-0.2, -0.15) is 0 Å². The van der Waals surface area contributed by atoms with Gasteiger partial charge in [0.15, 0.2) is 0 Å². The molecule has 1 aliphatic carbocycles. The van der Waals surface area contributed by atoms with Crippen LogP contribution in [0.15, 0.2) is 24.5 Å². The molecule has 0 N–H and O–H groups in total. The lowest BCUT2D eigenvalue weighted by atomic mass is 9.88. The van der Waals surface area contributed by atoms with Gasteiger partial charge in [-0.1, -0.05) is 0 Å². The van der Waals surface area contributed by atoms with Crippen molar-refractivity contribution >= 4 is 0 Å². The molecule has 0 radical (unpaired) electrons. The summed E-state index contributed by atoms with van der Waals surface area (Å²) >= 11 is 0. The molecular formula is C16H24N2O2. The summed E-state index contributed by atoms with van der Waals surface area (Å²) in [4.78, 5) is 6.67. The Kier molecular flexibility index (Phi) is 4.65. The molecule has 4 heteroatoms. The highest BCUT2D eigenvalue weighted by Crippen LogP contribution is 2.30. The first-order chi connectivity index (χ1) is 9.86. The molecule has 3 unspecified atom stereocenters. The van der Waals surface area contributed by atoms with Crippen molar-refractivity contribution in [2.24, 2.45) is 0 Å². The minimum Gasteiger partial charge on any atom is -0.381 e. The third-order valence-electron chi connectivity index (χ3n) is 4.66. The molecule has 110 valence electrons. The van der Waals surface area contributed by atoms with Crippen molar-refractivity contribution in [2.45, 2.75) is 43.9 Å². The summed E-state index contributed by atoms with van der Waals surface area (Å²) in [6, 6.07) is 4.75. The fraction of sp³-hybridized carbons (Fsp3) is 0.688. The SMILES string of the molecule is COC1CCC2OCCN(CCc3ccncc3)C2C1. The Morgan fingerprint density at radius 2 is 2.20 bits per heavy atom. The number of rotatable bonds is 4. The quantitative estimate of drug-likeness (QED) is 0.841.